The van der Waals surface area contributed by atoms with Gasteiger partial charge in [0, 0.05) is 32.5 Å². The van der Waals surface area contributed by atoms with Gasteiger partial charge in [-0.3, -0.25) is 9.59 Å². The molecule has 8 nitrogen and oxygen atoms in total. The molecule has 4 rings (SSSR count). The minimum Gasteiger partial charge on any atom is -0.481 e. The SMILES string of the molecule is CN(CCCOCc1ccccc1)C(=O)C(CCC(=O)O)NC(=O)OCC1c2ccccc2-c2ccccc21. The van der Waals surface area contributed by atoms with E-state index < -0.39 is 18.1 Å². The van der Waals surface area contributed by atoms with Crippen molar-refractivity contribution in [2.24, 2.45) is 0 Å². The van der Waals surface area contributed by atoms with Crippen molar-refractivity contribution >= 4 is 18.0 Å². The highest BCUT2D eigenvalue weighted by molar-refractivity contribution is 5.86. The van der Waals surface area contributed by atoms with Crippen LogP contribution in [0.15, 0.2) is 78.9 Å². The molecular weight excluding hydrogens is 496 g/mol. The first kappa shape index (κ1) is 27.9. The quantitative estimate of drug-likeness (QED) is 0.307. The van der Waals surface area contributed by atoms with Gasteiger partial charge in [-0.25, -0.2) is 4.79 Å². The van der Waals surface area contributed by atoms with Crippen LogP contribution in [0.3, 0.4) is 0 Å². The smallest absolute Gasteiger partial charge is 0.407 e. The summed E-state index contributed by atoms with van der Waals surface area (Å²) in [6.45, 7) is 1.47. The Bertz CT molecular complexity index is 1230. The van der Waals surface area contributed by atoms with Crippen LogP contribution in [0, 0.1) is 0 Å². The monoisotopic (exact) mass is 530 g/mol. The summed E-state index contributed by atoms with van der Waals surface area (Å²) in [4.78, 5) is 38.5. The van der Waals surface area contributed by atoms with E-state index in [1.54, 1.807) is 7.05 Å². The zero-order valence-electron chi connectivity index (χ0n) is 22.0. The molecule has 2 amide bonds. The van der Waals surface area contributed by atoms with Crippen LogP contribution >= 0.6 is 0 Å². The number of nitrogens with zero attached hydrogens (tertiary/aromatic N) is 1. The summed E-state index contributed by atoms with van der Waals surface area (Å²) in [7, 11) is 1.63. The van der Waals surface area contributed by atoms with Gasteiger partial charge in [-0.2, -0.15) is 0 Å². The summed E-state index contributed by atoms with van der Waals surface area (Å²) >= 11 is 0. The summed E-state index contributed by atoms with van der Waals surface area (Å²) in [6, 6.07) is 24.8. The second kappa shape index (κ2) is 13.6. The molecule has 3 aromatic rings. The second-order valence-electron chi connectivity index (χ2n) is 9.61. The molecule has 0 saturated carbocycles. The minimum atomic E-state index is -1.04. The summed E-state index contributed by atoms with van der Waals surface area (Å²) in [5, 5.41) is 11.8. The Morgan fingerprint density at radius 3 is 2.18 bits per heavy atom. The fourth-order valence-corrected chi connectivity index (χ4v) is 4.85. The van der Waals surface area contributed by atoms with Crippen LogP contribution in [-0.2, 0) is 25.7 Å². The lowest BCUT2D eigenvalue weighted by Gasteiger charge is -2.24. The molecule has 1 unspecified atom stereocenters. The van der Waals surface area contributed by atoms with Crippen molar-refractivity contribution in [3.8, 4) is 11.1 Å². The molecule has 2 N–H and O–H groups in total. The first-order valence-corrected chi connectivity index (χ1v) is 13.1. The number of aliphatic carboxylic acids is 1. The number of amides is 2. The van der Waals surface area contributed by atoms with Crippen LogP contribution in [0.25, 0.3) is 11.1 Å². The molecular formula is C31H34N2O6. The highest BCUT2D eigenvalue weighted by Crippen LogP contribution is 2.44. The Morgan fingerprint density at radius 2 is 1.54 bits per heavy atom. The zero-order valence-corrected chi connectivity index (χ0v) is 22.0. The van der Waals surface area contributed by atoms with E-state index in [0.29, 0.717) is 26.2 Å². The van der Waals surface area contributed by atoms with Crippen molar-refractivity contribution < 1.29 is 29.0 Å². The topological polar surface area (TPSA) is 105 Å². The van der Waals surface area contributed by atoms with E-state index in [4.69, 9.17) is 14.6 Å². The van der Waals surface area contributed by atoms with E-state index in [-0.39, 0.29) is 31.3 Å². The number of likely N-dealkylation sites (N-methyl/N-ethyl adjacent to an activating group) is 1. The Hall–Kier alpha value is -4.17. The molecule has 1 aliphatic rings. The molecule has 0 bridgehead atoms. The predicted octanol–water partition coefficient (Wildman–Crippen LogP) is 4.82. The van der Waals surface area contributed by atoms with Gasteiger partial charge in [0.15, 0.2) is 0 Å². The third-order valence-corrected chi connectivity index (χ3v) is 6.85. The third-order valence-electron chi connectivity index (χ3n) is 6.85. The molecule has 8 heteroatoms. The van der Waals surface area contributed by atoms with Crippen molar-refractivity contribution in [1.82, 2.24) is 10.2 Å². The number of benzene rings is 3. The van der Waals surface area contributed by atoms with Gasteiger partial charge < -0.3 is 24.8 Å². The van der Waals surface area contributed by atoms with E-state index in [2.05, 4.69) is 17.4 Å². The van der Waals surface area contributed by atoms with Crippen molar-refractivity contribution in [1.29, 1.82) is 0 Å². The predicted molar refractivity (Wildman–Crippen MR) is 147 cm³/mol. The van der Waals surface area contributed by atoms with Crippen molar-refractivity contribution in [3.05, 3.63) is 95.6 Å². The maximum Gasteiger partial charge on any atom is 0.407 e. The van der Waals surface area contributed by atoms with Crippen LogP contribution in [-0.4, -0.2) is 60.8 Å². The van der Waals surface area contributed by atoms with Gasteiger partial charge in [-0.05, 0) is 40.7 Å². The molecule has 1 aliphatic carbocycles. The van der Waals surface area contributed by atoms with Crippen LogP contribution in [0.5, 0.6) is 0 Å². The molecule has 0 saturated heterocycles. The molecule has 0 spiro atoms. The molecule has 3 aromatic carbocycles. The number of alkyl carbamates (subject to hydrolysis) is 1. The summed E-state index contributed by atoms with van der Waals surface area (Å²) < 4.78 is 11.3. The second-order valence-corrected chi connectivity index (χ2v) is 9.61. The van der Waals surface area contributed by atoms with Gasteiger partial charge in [-0.15, -0.1) is 0 Å². The third kappa shape index (κ3) is 7.45. The van der Waals surface area contributed by atoms with Crippen molar-refractivity contribution in [2.75, 3.05) is 26.8 Å². The summed E-state index contributed by atoms with van der Waals surface area (Å²) in [5.41, 5.74) is 5.47. The lowest BCUT2D eigenvalue weighted by molar-refractivity contribution is -0.137. The summed E-state index contributed by atoms with van der Waals surface area (Å²) in [5.74, 6) is -1.53. The van der Waals surface area contributed by atoms with Gasteiger partial charge >= 0.3 is 12.1 Å². The largest absolute Gasteiger partial charge is 0.481 e. The molecule has 204 valence electrons. The van der Waals surface area contributed by atoms with Crippen LogP contribution in [0.2, 0.25) is 0 Å². The van der Waals surface area contributed by atoms with Crippen LogP contribution in [0.1, 0.15) is 41.9 Å². The number of nitrogens with one attached hydrogen (secondary N) is 1. The van der Waals surface area contributed by atoms with Crippen molar-refractivity contribution in [2.45, 2.75) is 37.8 Å². The van der Waals surface area contributed by atoms with Crippen molar-refractivity contribution in [3.63, 3.8) is 0 Å². The van der Waals surface area contributed by atoms with E-state index >= 15 is 0 Å². The maximum atomic E-state index is 13.1. The Balaban J connectivity index is 1.29. The van der Waals surface area contributed by atoms with E-state index in [9.17, 15) is 14.4 Å². The number of fused-ring (bicyclic) bond motifs is 3. The fraction of sp³-hybridized carbons (Fsp3) is 0.323. The lowest BCUT2D eigenvalue weighted by Crippen LogP contribution is -2.48. The normalized spacial score (nSPS) is 12.7. The zero-order chi connectivity index (χ0) is 27.6. The minimum absolute atomic E-state index is 0.0345. The first-order valence-electron chi connectivity index (χ1n) is 13.1. The fourth-order valence-electron chi connectivity index (χ4n) is 4.85. The molecule has 0 fully saturated rings. The van der Waals surface area contributed by atoms with E-state index in [1.165, 1.54) is 4.90 Å². The van der Waals surface area contributed by atoms with E-state index in [1.807, 2.05) is 66.7 Å². The number of ether oxygens (including phenoxy) is 2. The lowest BCUT2D eigenvalue weighted by atomic mass is 9.98. The highest BCUT2D eigenvalue weighted by atomic mass is 16.5. The van der Waals surface area contributed by atoms with E-state index in [0.717, 1.165) is 27.8 Å². The number of hydrogen-bond acceptors (Lipinski definition) is 5. The van der Waals surface area contributed by atoms with Gasteiger partial charge in [-0.1, -0.05) is 78.9 Å². The Labute approximate surface area is 228 Å². The molecule has 1 atom stereocenters. The Morgan fingerprint density at radius 1 is 0.923 bits per heavy atom. The molecule has 0 heterocycles. The van der Waals surface area contributed by atoms with Gasteiger partial charge in [0.05, 0.1) is 6.61 Å². The number of rotatable bonds is 13. The number of carboxylic acids is 1. The Kier molecular flexibility index (Phi) is 9.69. The number of carbonyl (C=O) groups excluding carboxylic acids is 2. The number of carbonyl (C=O) groups is 3. The van der Waals surface area contributed by atoms with Gasteiger partial charge in [0.1, 0.15) is 12.6 Å². The average Bonchev–Trinajstić information content (AvgIpc) is 3.27. The maximum absolute atomic E-state index is 13.1. The first-order chi connectivity index (χ1) is 18.9. The van der Waals surface area contributed by atoms with Gasteiger partial charge in [0.25, 0.3) is 0 Å². The summed E-state index contributed by atoms with van der Waals surface area (Å²) in [6.07, 6.45) is -0.437. The van der Waals surface area contributed by atoms with Crippen LogP contribution < -0.4 is 5.32 Å². The number of carboxylic acid groups (broad SMARTS) is 1. The van der Waals surface area contributed by atoms with Crippen LogP contribution in [0.4, 0.5) is 4.79 Å². The number of hydrogen-bond donors (Lipinski definition) is 2. The highest BCUT2D eigenvalue weighted by Gasteiger charge is 2.30. The molecule has 39 heavy (non-hydrogen) atoms. The van der Waals surface area contributed by atoms with Gasteiger partial charge in [0.2, 0.25) is 5.91 Å². The standard InChI is InChI=1S/C31H34N2O6/c1-33(18-9-19-38-20-22-10-3-2-4-11-22)30(36)28(16-17-29(34)35)32-31(37)39-21-27-25-14-7-5-12-23(25)24-13-6-8-15-26(24)27/h2-8,10-15,27-28H,9,16-21H2,1H3,(H,32,37)(H,34,35). The molecule has 0 aromatic heterocycles. The molecule has 0 radical (unpaired) electrons. The average molecular weight is 531 g/mol. The molecule has 0 aliphatic heterocycles.